The summed E-state index contributed by atoms with van der Waals surface area (Å²) in [7, 11) is -3.67. The first kappa shape index (κ1) is 19.0. The van der Waals surface area contributed by atoms with Gasteiger partial charge in [0.15, 0.2) is 0 Å². The molecule has 146 valence electrons. The molecule has 1 N–H and O–H groups in total. The zero-order valence-electron chi connectivity index (χ0n) is 16.2. The molecule has 0 fully saturated rings. The van der Waals surface area contributed by atoms with E-state index in [0.29, 0.717) is 6.42 Å². The third-order valence-corrected chi connectivity index (χ3v) is 7.28. The van der Waals surface area contributed by atoms with Gasteiger partial charge in [0.25, 0.3) is 0 Å². The number of rotatable bonds is 5. The number of fused-ring (bicyclic) bond motifs is 2. The van der Waals surface area contributed by atoms with Crippen LogP contribution in [0.1, 0.15) is 44.7 Å². The Balaban J connectivity index is 1.71. The maximum atomic E-state index is 13.2. The molecule has 0 aromatic heterocycles. The predicted molar refractivity (Wildman–Crippen MR) is 112 cm³/mol. The molecule has 0 saturated carbocycles. The average Bonchev–Trinajstić information content (AvgIpc) is 2.73. The largest absolute Gasteiger partial charge is 0.487 e. The van der Waals surface area contributed by atoms with E-state index in [0.717, 1.165) is 34.9 Å². The van der Waals surface area contributed by atoms with Crippen molar-refractivity contribution in [1.82, 2.24) is 4.72 Å². The van der Waals surface area contributed by atoms with E-state index in [1.165, 1.54) is 0 Å². The zero-order valence-corrected chi connectivity index (χ0v) is 17.0. The fourth-order valence-corrected chi connectivity index (χ4v) is 5.25. The summed E-state index contributed by atoms with van der Waals surface area (Å²) >= 11 is 0. The van der Waals surface area contributed by atoms with Crippen molar-refractivity contribution in [3.05, 3.63) is 72.3 Å². The van der Waals surface area contributed by atoms with Crippen LogP contribution in [0, 0.1) is 0 Å². The van der Waals surface area contributed by atoms with Gasteiger partial charge >= 0.3 is 0 Å². The summed E-state index contributed by atoms with van der Waals surface area (Å²) in [4.78, 5) is 0.286. The standard InChI is InChI=1S/C23H25NO3S/c1-3-23(4-2)16-21(20-11-7-8-12-22(20)27-23)24-28(25,26)19-14-13-17-9-5-6-10-18(17)15-19/h5-15,21,24H,3-4,16H2,1-2H3/t21-/m0/s1. The van der Waals surface area contributed by atoms with E-state index in [4.69, 9.17) is 4.74 Å². The predicted octanol–water partition coefficient (Wildman–Crippen LogP) is 5.20. The van der Waals surface area contributed by atoms with Gasteiger partial charge in [0, 0.05) is 12.0 Å². The third kappa shape index (κ3) is 3.40. The molecular weight excluding hydrogens is 370 g/mol. The van der Waals surface area contributed by atoms with Crippen LogP contribution in [0.25, 0.3) is 10.8 Å². The molecule has 4 rings (SSSR count). The molecule has 3 aromatic carbocycles. The van der Waals surface area contributed by atoms with Gasteiger partial charge in [0.05, 0.1) is 10.9 Å². The van der Waals surface area contributed by atoms with Crippen LogP contribution in [-0.4, -0.2) is 14.0 Å². The van der Waals surface area contributed by atoms with Crippen molar-refractivity contribution in [2.75, 3.05) is 0 Å². The molecule has 0 bridgehead atoms. The van der Waals surface area contributed by atoms with Gasteiger partial charge in [-0.25, -0.2) is 13.1 Å². The summed E-state index contributed by atoms with van der Waals surface area (Å²) in [5, 5.41) is 1.93. The van der Waals surface area contributed by atoms with Crippen LogP contribution in [0.4, 0.5) is 0 Å². The van der Waals surface area contributed by atoms with Gasteiger partial charge in [-0.1, -0.05) is 62.4 Å². The summed E-state index contributed by atoms with van der Waals surface area (Å²) in [5.41, 5.74) is 0.537. The Kier molecular flexibility index (Phi) is 4.89. The highest BCUT2D eigenvalue weighted by Crippen LogP contribution is 2.43. The number of ether oxygens (including phenoxy) is 1. The van der Waals surface area contributed by atoms with Crippen LogP contribution < -0.4 is 9.46 Å². The first-order chi connectivity index (χ1) is 13.5. The van der Waals surface area contributed by atoms with Crippen LogP contribution in [0.5, 0.6) is 5.75 Å². The lowest BCUT2D eigenvalue weighted by molar-refractivity contribution is 0.0260. The summed E-state index contributed by atoms with van der Waals surface area (Å²) in [6.45, 7) is 4.18. The van der Waals surface area contributed by atoms with E-state index in [-0.39, 0.29) is 16.5 Å². The molecular formula is C23H25NO3S. The molecule has 0 unspecified atom stereocenters. The summed E-state index contributed by atoms with van der Waals surface area (Å²) < 4.78 is 35.6. The fraction of sp³-hybridized carbons (Fsp3) is 0.304. The van der Waals surface area contributed by atoms with Crippen molar-refractivity contribution in [2.45, 2.75) is 49.6 Å². The second kappa shape index (κ2) is 7.22. The summed E-state index contributed by atoms with van der Waals surface area (Å²) in [6, 6.07) is 20.4. The molecule has 1 aliphatic rings. The minimum atomic E-state index is -3.67. The normalized spacial score (nSPS) is 18.4. The van der Waals surface area contributed by atoms with Gasteiger partial charge in [0.1, 0.15) is 11.4 Å². The smallest absolute Gasteiger partial charge is 0.241 e. The minimum absolute atomic E-state index is 0.286. The Bertz CT molecular complexity index is 1100. The lowest BCUT2D eigenvalue weighted by Crippen LogP contribution is -2.44. The Morgan fingerprint density at radius 3 is 2.39 bits per heavy atom. The van der Waals surface area contributed by atoms with Gasteiger partial charge in [-0.3, -0.25) is 0 Å². The Labute approximate surface area is 166 Å². The first-order valence-electron chi connectivity index (χ1n) is 9.75. The van der Waals surface area contributed by atoms with Crippen molar-refractivity contribution in [3.8, 4) is 5.75 Å². The number of nitrogens with one attached hydrogen (secondary N) is 1. The maximum Gasteiger partial charge on any atom is 0.241 e. The van der Waals surface area contributed by atoms with Crippen molar-refractivity contribution < 1.29 is 13.2 Å². The van der Waals surface area contributed by atoms with E-state index in [2.05, 4.69) is 18.6 Å². The van der Waals surface area contributed by atoms with Crippen molar-refractivity contribution >= 4 is 20.8 Å². The van der Waals surface area contributed by atoms with Gasteiger partial charge in [-0.05, 0) is 41.8 Å². The molecule has 28 heavy (non-hydrogen) atoms. The number of hydrogen-bond donors (Lipinski definition) is 1. The van der Waals surface area contributed by atoms with Gasteiger partial charge < -0.3 is 4.74 Å². The SMILES string of the molecule is CCC1(CC)C[C@H](NS(=O)(=O)c2ccc3ccccc3c2)c2ccccc2O1. The molecule has 0 aliphatic carbocycles. The number of hydrogen-bond acceptors (Lipinski definition) is 3. The van der Waals surface area contributed by atoms with E-state index in [1.807, 2.05) is 54.6 Å². The molecule has 3 aromatic rings. The van der Waals surface area contributed by atoms with E-state index < -0.39 is 10.0 Å². The molecule has 1 atom stereocenters. The van der Waals surface area contributed by atoms with Crippen LogP contribution in [0.3, 0.4) is 0 Å². The third-order valence-electron chi connectivity index (χ3n) is 5.81. The minimum Gasteiger partial charge on any atom is -0.487 e. The fourth-order valence-electron chi connectivity index (χ4n) is 4.00. The highest BCUT2D eigenvalue weighted by Gasteiger charge is 2.39. The molecule has 0 saturated heterocycles. The van der Waals surface area contributed by atoms with Crippen molar-refractivity contribution in [3.63, 3.8) is 0 Å². The maximum absolute atomic E-state index is 13.2. The lowest BCUT2D eigenvalue weighted by atomic mass is 9.84. The molecule has 5 heteroatoms. The monoisotopic (exact) mass is 395 g/mol. The second-order valence-corrected chi connectivity index (χ2v) is 9.13. The van der Waals surface area contributed by atoms with Crippen molar-refractivity contribution in [2.24, 2.45) is 0 Å². The summed E-state index contributed by atoms with van der Waals surface area (Å²) in [5.74, 6) is 0.767. The molecule has 1 aliphatic heterocycles. The molecule has 0 radical (unpaired) electrons. The first-order valence-corrected chi connectivity index (χ1v) is 11.2. The zero-order chi connectivity index (χ0) is 19.8. The second-order valence-electron chi connectivity index (χ2n) is 7.42. The van der Waals surface area contributed by atoms with E-state index in [1.54, 1.807) is 12.1 Å². The number of para-hydroxylation sites is 1. The summed E-state index contributed by atoms with van der Waals surface area (Å²) in [6.07, 6.45) is 2.27. The average molecular weight is 396 g/mol. The van der Waals surface area contributed by atoms with E-state index >= 15 is 0 Å². The lowest BCUT2D eigenvalue weighted by Gasteiger charge is -2.41. The number of benzene rings is 3. The molecule has 1 heterocycles. The quantitative estimate of drug-likeness (QED) is 0.646. The Morgan fingerprint density at radius 2 is 1.64 bits per heavy atom. The molecule has 0 spiro atoms. The van der Waals surface area contributed by atoms with Gasteiger partial charge in [0.2, 0.25) is 10.0 Å². The Morgan fingerprint density at radius 1 is 0.964 bits per heavy atom. The highest BCUT2D eigenvalue weighted by atomic mass is 32.2. The van der Waals surface area contributed by atoms with Crippen LogP contribution in [0.2, 0.25) is 0 Å². The van der Waals surface area contributed by atoms with Gasteiger partial charge in [-0.2, -0.15) is 0 Å². The van der Waals surface area contributed by atoms with Crippen LogP contribution in [0.15, 0.2) is 71.6 Å². The van der Waals surface area contributed by atoms with Crippen LogP contribution >= 0.6 is 0 Å². The molecule has 4 nitrogen and oxygen atoms in total. The van der Waals surface area contributed by atoms with E-state index in [9.17, 15) is 8.42 Å². The topological polar surface area (TPSA) is 55.4 Å². The highest BCUT2D eigenvalue weighted by molar-refractivity contribution is 7.89. The molecule has 0 amide bonds. The van der Waals surface area contributed by atoms with Gasteiger partial charge in [-0.15, -0.1) is 0 Å². The van der Waals surface area contributed by atoms with Crippen LogP contribution in [-0.2, 0) is 10.0 Å². The number of sulfonamides is 1. The van der Waals surface area contributed by atoms with Crippen molar-refractivity contribution in [1.29, 1.82) is 0 Å². The Hall–Kier alpha value is -2.37.